The van der Waals surface area contributed by atoms with Crippen molar-refractivity contribution < 1.29 is 14.3 Å². The van der Waals surface area contributed by atoms with Crippen molar-refractivity contribution in [1.29, 1.82) is 0 Å². The van der Waals surface area contributed by atoms with Crippen LogP contribution in [0.3, 0.4) is 0 Å². The summed E-state index contributed by atoms with van der Waals surface area (Å²) in [7, 11) is 3.17. The molecule has 3 amide bonds. The van der Waals surface area contributed by atoms with Crippen LogP contribution < -0.4 is 15.4 Å². The molecule has 1 aliphatic heterocycles. The van der Waals surface area contributed by atoms with Gasteiger partial charge in [0, 0.05) is 7.05 Å². The summed E-state index contributed by atoms with van der Waals surface area (Å²) in [5.74, 6) is 1.10. The number of likely N-dealkylation sites (tertiary alicyclic amines) is 1. The molecular weight excluding hydrogens is 294 g/mol. The van der Waals surface area contributed by atoms with Crippen LogP contribution in [-0.4, -0.2) is 50.1 Å². The van der Waals surface area contributed by atoms with E-state index in [1.165, 1.54) is 12.6 Å². The summed E-state index contributed by atoms with van der Waals surface area (Å²) in [6.45, 7) is 3.51. The van der Waals surface area contributed by atoms with Crippen LogP contribution in [-0.2, 0) is 4.79 Å². The van der Waals surface area contributed by atoms with E-state index in [1.807, 2.05) is 19.1 Å². The standard InChI is InChI=1S/C17H25N3O3/c1-12(16(21)19-17(22)18-2)20-9-7-13(8-10-20)14-5-4-6-15(11-14)23-3/h4-6,11-13H,7-10H2,1-3H3,(H2,18,19,21,22). The van der Waals surface area contributed by atoms with Gasteiger partial charge in [-0.2, -0.15) is 0 Å². The van der Waals surface area contributed by atoms with Crippen LogP contribution in [0.5, 0.6) is 5.75 Å². The maximum atomic E-state index is 12.0. The zero-order valence-electron chi connectivity index (χ0n) is 14.0. The first-order valence-corrected chi connectivity index (χ1v) is 7.95. The monoisotopic (exact) mass is 319 g/mol. The van der Waals surface area contributed by atoms with E-state index in [0.29, 0.717) is 5.92 Å². The Balaban J connectivity index is 1.90. The van der Waals surface area contributed by atoms with Gasteiger partial charge in [-0.15, -0.1) is 0 Å². The van der Waals surface area contributed by atoms with E-state index < -0.39 is 6.03 Å². The van der Waals surface area contributed by atoms with Gasteiger partial charge in [0.2, 0.25) is 5.91 Å². The van der Waals surface area contributed by atoms with E-state index in [2.05, 4.69) is 27.7 Å². The summed E-state index contributed by atoms with van der Waals surface area (Å²) in [4.78, 5) is 25.4. The Kier molecular flexibility index (Phi) is 5.98. The zero-order chi connectivity index (χ0) is 16.8. The van der Waals surface area contributed by atoms with Crippen LogP contribution in [0.4, 0.5) is 4.79 Å². The Morgan fingerprint density at radius 3 is 2.61 bits per heavy atom. The predicted octanol–water partition coefficient (Wildman–Crippen LogP) is 1.72. The minimum absolute atomic E-state index is 0.260. The average Bonchev–Trinajstić information content (AvgIpc) is 2.61. The molecule has 0 spiro atoms. The highest BCUT2D eigenvalue weighted by molar-refractivity contribution is 5.96. The number of rotatable bonds is 4. The minimum atomic E-state index is -0.465. The summed E-state index contributed by atoms with van der Waals surface area (Å²) in [6, 6.07) is 7.41. The number of nitrogens with one attached hydrogen (secondary N) is 2. The first-order valence-electron chi connectivity index (χ1n) is 7.95. The molecule has 1 saturated heterocycles. The number of hydrogen-bond acceptors (Lipinski definition) is 4. The maximum Gasteiger partial charge on any atom is 0.321 e. The molecule has 23 heavy (non-hydrogen) atoms. The first-order chi connectivity index (χ1) is 11.0. The largest absolute Gasteiger partial charge is 0.497 e. The van der Waals surface area contributed by atoms with Gasteiger partial charge in [-0.3, -0.25) is 15.0 Å². The van der Waals surface area contributed by atoms with Gasteiger partial charge < -0.3 is 10.1 Å². The number of urea groups is 1. The number of benzene rings is 1. The predicted molar refractivity (Wildman–Crippen MR) is 88.6 cm³/mol. The molecular formula is C17H25N3O3. The van der Waals surface area contributed by atoms with Crippen LogP contribution in [0.15, 0.2) is 24.3 Å². The number of nitrogens with zero attached hydrogens (tertiary/aromatic N) is 1. The molecule has 126 valence electrons. The van der Waals surface area contributed by atoms with Crippen LogP contribution in [0.25, 0.3) is 0 Å². The molecule has 1 aromatic rings. The van der Waals surface area contributed by atoms with Gasteiger partial charge in [0.15, 0.2) is 0 Å². The topological polar surface area (TPSA) is 70.7 Å². The SMILES string of the molecule is CNC(=O)NC(=O)C(C)N1CCC(c2cccc(OC)c2)CC1. The zero-order valence-corrected chi connectivity index (χ0v) is 14.0. The molecule has 0 bridgehead atoms. The second-order valence-corrected chi connectivity index (χ2v) is 5.83. The molecule has 1 fully saturated rings. The molecule has 1 unspecified atom stereocenters. The van der Waals surface area contributed by atoms with E-state index >= 15 is 0 Å². The van der Waals surface area contributed by atoms with E-state index in [1.54, 1.807) is 7.11 Å². The summed E-state index contributed by atoms with van der Waals surface area (Å²) < 4.78 is 5.28. The second-order valence-electron chi connectivity index (χ2n) is 5.83. The molecule has 0 aliphatic carbocycles. The van der Waals surface area contributed by atoms with Crippen LogP contribution in [0, 0.1) is 0 Å². The van der Waals surface area contributed by atoms with E-state index in [0.717, 1.165) is 31.7 Å². The lowest BCUT2D eigenvalue weighted by Crippen LogP contribution is -2.50. The van der Waals surface area contributed by atoms with Gasteiger partial charge in [0.25, 0.3) is 0 Å². The lowest BCUT2D eigenvalue weighted by atomic mass is 9.89. The third kappa shape index (κ3) is 4.45. The molecule has 1 atom stereocenters. The van der Waals surface area contributed by atoms with Crippen molar-refractivity contribution >= 4 is 11.9 Å². The normalized spacial score (nSPS) is 17.3. The van der Waals surface area contributed by atoms with Gasteiger partial charge in [-0.1, -0.05) is 12.1 Å². The molecule has 0 radical (unpaired) electrons. The minimum Gasteiger partial charge on any atom is -0.497 e. The number of carbonyl (C=O) groups is 2. The number of hydrogen-bond donors (Lipinski definition) is 2. The van der Waals surface area contributed by atoms with Crippen molar-refractivity contribution in [3.63, 3.8) is 0 Å². The molecule has 0 saturated carbocycles. The van der Waals surface area contributed by atoms with Crippen LogP contribution in [0.2, 0.25) is 0 Å². The molecule has 0 aromatic heterocycles. The fourth-order valence-corrected chi connectivity index (χ4v) is 2.96. The fourth-order valence-electron chi connectivity index (χ4n) is 2.96. The third-order valence-electron chi connectivity index (χ3n) is 4.49. The van der Waals surface area contributed by atoms with Crippen molar-refractivity contribution in [1.82, 2.24) is 15.5 Å². The Morgan fingerprint density at radius 1 is 1.30 bits per heavy atom. The van der Waals surface area contributed by atoms with Crippen LogP contribution >= 0.6 is 0 Å². The Hall–Kier alpha value is -2.08. The summed E-state index contributed by atoms with van der Waals surface area (Å²) in [6.07, 6.45) is 1.98. The third-order valence-corrected chi connectivity index (χ3v) is 4.49. The maximum absolute atomic E-state index is 12.0. The number of methoxy groups -OCH3 is 1. The number of imide groups is 1. The van der Waals surface area contributed by atoms with Gasteiger partial charge in [-0.25, -0.2) is 4.79 Å². The second kappa shape index (κ2) is 7.97. The van der Waals surface area contributed by atoms with Crippen molar-refractivity contribution in [3.05, 3.63) is 29.8 Å². The fraction of sp³-hybridized carbons (Fsp3) is 0.529. The quantitative estimate of drug-likeness (QED) is 0.886. The lowest BCUT2D eigenvalue weighted by molar-refractivity contribution is -0.125. The van der Waals surface area contributed by atoms with Crippen LogP contribution in [0.1, 0.15) is 31.2 Å². The first kappa shape index (κ1) is 17.3. The number of carbonyl (C=O) groups excluding carboxylic acids is 2. The summed E-state index contributed by atoms with van der Waals surface area (Å²) in [5.41, 5.74) is 1.28. The number of piperidine rings is 1. The highest BCUT2D eigenvalue weighted by Crippen LogP contribution is 2.30. The molecule has 2 rings (SSSR count). The Bertz CT molecular complexity index is 554. The van der Waals surface area contributed by atoms with Gasteiger partial charge in [0.05, 0.1) is 13.2 Å². The number of ether oxygens (including phenoxy) is 1. The van der Waals surface area contributed by atoms with Crippen molar-refractivity contribution in [2.24, 2.45) is 0 Å². The Morgan fingerprint density at radius 2 is 2.00 bits per heavy atom. The molecule has 6 nitrogen and oxygen atoms in total. The smallest absolute Gasteiger partial charge is 0.321 e. The van der Waals surface area contributed by atoms with Crippen molar-refractivity contribution in [2.75, 3.05) is 27.2 Å². The molecule has 6 heteroatoms. The average molecular weight is 319 g/mol. The molecule has 1 aromatic carbocycles. The van der Waals surface area contributed by atoms with Crippen molar-refractivity contribution in [3.8, 4) is 5.75 Å². The molecule has 1 aliphatic rings. The van der Waals surface area contributed by atoms with Crippen molar-refractivity contribution in [2.45, 2.75) is 31.7 Å². The highest BCUT2D eigenvalue weighted by atomic mass is 16.5. The molecule has 2 N–H and O–H groups in total. The summed E-state index contributed by atoms with van der Waals surface area (Å²) >= 11 is 0. The van der Waals surface area contributed by atoms with Gasteiger partial charge in [-0.05, 0) is 56.5 Å². The number of amides is 3. The van der Waals surface area contributed by atoms with E-state index in [-0.39, 0.29) is 11.9 Å². The van der Waals surface area contributed by atoms with E-state index in [9.17, 15) is 9.59 Å². The summed E-state index contributed by atoms with van der Waals surface area (Å²) in [5, 5.41) is 4.73. The lowest BCUT2D eigenvalue weighted by Gasteiger charge is -2.35. The van der Waals surface area contributed by atoms with Gasteiger partial charge >= 0.3 is 6.03 Å². The Labute approximate surface area is 137 Å². The highest BCUT2D eigenvalue weighted by Gasteiger charge is 2.28. The molecule has 1 heterocycles. The van der Waals surface area contributed by atoms with E-state index in [4.69, 9.17) is 4.74 Å². The van der Waals surface area contributed by atoms with Gasteiger partial charge in [0.1, 0.15) is 5.75 Å².